The summed E-state index contributed by atoms with van der Waals surface area (Å²) in [5.74, 6) is -0.507. The number of amidine groups is 1. The van der Waals surface area contributed by atoms with Gasteiger partial charge in [0.05, 0.1) is 28.8 Å². The average Bonchev–Trinajstić information content (AvgIpc) is 2.89. The van der Waals surface area contributed by atoms with E-state index in [4.69, 9.17) is 16.3 Å². The van der Waals surface area contributed by atoms with Crippen molar-refractivity contribution in [3.05, 3.63) is 29.3 Å². The highest BCUT2D eigenvalue weighted by atomic mass is 35.5. The van der Waals surface area contributed by atoms with E-state index in [0.29, 0.717) is 17.1 Å². The molecule has 0 spiro atoms. The van der Waals surface area contributed by atoms with Crippen LogP contribution in [0.3, 0.4) is 0 Å². The fourth-order valence-corrected chi connectivity index (χ4v) is 4.34. The number of carbonyl (C=O) groups excluding carboxylic acids is 1. The number of benzene rings is 1. The standard InChI is InChI=1S/C15H20ClN3O4S/c1-3-23-15(20)14(18-17-13-7-5-4-6-12(13)16)19(2)11-8-9-24(21,22)10-11/h4-7,11,17H,3,8-10H2,1-2H3/b18-14-/t11-/m1/s1. The highest BCUT2D eigenvalue weighted by molar-refractivity contribution is 7.91. The van der Waals surface area contributed by atoms with Crippen LogP contribution in [-0.2, 0) is 19.4 Å². The Labute approximate surface area is 146 Å². The largest absolute Gasteiger partial charge is 0.460 e. The van der Waals surface area contributed by atoms with Crippen molar-refractivity contribution in [1.29, 1.82) is 0 Å². The monoisotopic (exact) mass is 373 g/mol. The van der Waals surface area contributed by atoms with Gasteiger partial charge in [0.15, 0.2) is 9.84 Å². The number of esters is 1. The van der Waals surface area contributed by atoms with Gasteiger partial charge in [0.25, 0.3) is 0 Å². The lowest BCUT2D eigenvalue weighted by molar-refractivity contribution is -0.135. The van der Waals surface area contributed by atoms with Crippen molar-refractivity contribution in [2.45, 2.75) is 19.4 Å². The molecule has 9 heteroatoms. The smallest absolute Gasteiger partial charge is 0.375 e. The van der Waals surface area contributed by atoms with Gasteiger partial charge in [-0.05, 0) is 25.5 Å². The molecule has 0 aromatic heterocycles. The maximum Gasteiger partial charge on any atom is 0.375 e. The molecule has 0 aliphatic carbocycles. The van der Waals surface area contributed by atoms with E-state index in [1.54, 1.807) is 43.1 Å². The van der Waals surface area contributed by atoms with Gasteiger partial charge >= 0.3 is 5.97 Å². The van der Waals surface area contributed by atoms with Crippen LogP contribution in [0.4, 0.5) is 5.69 Å². The molecule has 1 saturated heterocycles. The molecule has 0 unspecified atom stereocenters. The van der Waals surface area contributed by atoms with Crippen LogP contribution < -0.4 is 5.43 Å². The number of hydrogen-bond acceptors (Lipinski definition) is 6. The number of sulfone groups is 1. The van der Waals surface area contributed by atoms with E-state index in [9.17, 15) is 13.2 Å². The summed E-state index contributed by atoms with van der Waals surface area (Å²) < 4.78 is 28.4. The number of hydrogen-bond donors (Lipinski definition) is 1. The molecule has 1 N–H and O–H groups in total. The molecular weight excluding hydrogens is 354 g/mol. The molecule has 2 rings (SSSR count). The number of rotatable bonds is 4. The van der Waals surface area contributed by atoms with Gasteiger partial charge in [-0.2, -0.15) is 0 Å². The number of halogens is 1. The fourth-order valence-electron chi connectivity index (χ4n) is 2.38. The number of nitrogens with one attached hydrogen (secondary N) is 1. The minimum Gasteiger partial charge on any atom is -0.460 e. The first-order valence-corrected chi connectivity index (χ1v) is 9.72. The quantitative estimate of drug-likeness (QED) is 0.374. The van der Waals surface area contributed by atoms with Crippen molar-refractivity contribution < 1.29 is 17.9 Å². The number of likely N-dealkylation sites (N-methyl/N-ethyl adjacent to an activating group) is 1. The Morgan fingerprint density at radius 2 is 2.17 bits per heavy atom. The Kier molecular flexibility index (Phi) is 6.06. The molecule has 1 aliphatic rings. The van der Waals surface area contributed by atoms with Crippen molar-refractivity contribution >= 4 is 38.9 Å². The van der Waals surface area contributed by atoms with Crippen LogP contribution >= 0.6 is 11.6 Å². The summed E-state index contributed by atoms with van der Waals surface area (Å²) in [6.45, 7) is 1.89. The Bertz CT molecular complexity index is 736. The number of anilines is 1. The van der Waals surface area contributed by atoms with Crippen molar-refractivity contribution in [2.75, 3.05) is 30.6 Å². The summed E-state index contributed by atoms with van der Waals surface area (Å²) in [6, 6.07) is 6.65. The second-order valence-corrected chi connectivity index (χ2v) is 8.05. The van der Waals surface area contributed by atoms with Gasteiger partial charge in [0.2, 0.25) is 5.84 Å². The SMILES string of the molecule is CCOC(=O)/C(=N/Nc1ccccc1Cl)N(C)[C@@H]1CCS(=O)(=O)C1. The van der Waals surface area contributed by atoms with Gasteiger partial charge in [0.1, 0.15) is 0 Å². The molecule has 1 aliphatic heterocycles. The highest BCUT2D eigenvalue weighted by Crippen LogP contribution is 2.21. The Morgan fingerprint density at radius 1 is 1.46 bits per heavy atom. The lowest BCUT2D eigenvalue weighted by Crippen LogP contribution is -2.43. The molecule has 0 bridgehead atoms. The Balaban J connectivity index is 2.22. The molecule has 7 nitrogen and oxygen atoms in total. The first-order chi connectivity index (χ1) is 11.3. The van der Waals surface area contributed by atoms with E-state index in [1.807, 2.05) is 0 Å². The van der Waals surface area contributed by atoms with Gasteiger partial charge in [-0.25, -0.2) is 13.2 Å². The van der Waals surface area contributed by atoms with Gasteiger partial charge in [-0.15, -0.1) is 5.10 Å². The van der Waals surface area contributed by atoms with Gasteiger partial charge in [-0.1, -0.05) is 23.7 Å². The summed E-state index contributed by atoms with van der Waals surface area (Å²) in [4.78, 5) is 13.7. The van der Waals surface area contributed by atoms with Gasteiger partial charge < -0.3 is 9.64 Å². The summed E-state index contributed by atoms with van der Waals surface area (Å²) in [5, 5.41) is 4.56. The van der Waals surface area contributed by atoms with E-state index < -0.39 is 15.8 Å². The van der Waals surface area contributed by atoms with E-state index in [2.05, 4.69) is 10.5 Å². The zero-order valence-corrected chi connectivity index (χ0v) is 15.1. The number of nitrogens with zero attached hydrogens (tertiary/aromatic N) is 2. The Morgan fingerprint density at radius 3 is 2.75 bits per heavy atom. The summed E-state index contributed by atoms with van der Waals surface area (Å²) in [5.41, 5.74) is 3.28. The van der Waals surface area contributed by atoms with Crippen molar-refractivity contribution in [2.24, 2.45) is 5.10 Å². The summed E-state index contributed by atoms with van der Waals surface area (Å²) in [6.07, 6.45) is 0.448. The summed E-state index contributed by atoms with van der Waals surface area (Å²) in [7, 11) is -1.44. The second-order valence-electron chi connectivity index (χ2n) is 5.42. The van der Waals surface area contributed by atoms with E-state index >= 15 is 0 Å². The van der Waals surface area contributed by atoms with Crippen LogP contribution in [0.1, 0.15) is 13.3 Å². The van der Waals surface area contributed by atoms with Gasteiger partial charge in [0, 0.05) is 13.1 Å². The third-order valence-corrected chi connectivity index (χ3v) is 5.78. The van der Waals surface area contributed by atoms with E-state index in [-0.39, 0.29) is 30.0 Å². The zero-order valence-electron chi connectivity index (χ0n) is 13.5. The van der Waals surface area contributed by atoms with Crippen molar-refractivity contribution in [1.82, 2.24) is 4.90 Å². The van der Waals surface area contributed by atoms with E-state index in [1.165, 1.54) is 0 Å². The molecule has 1 aromatic carbocycles. The van der Waals surface area contributed by atoms with Gasteiger partial charge in [-0.3, -0.25) is 5.43 Å². The van der Waals surface area contributed by atoms with Crippen LogP contribution in [0.25, 0.3) is 0 Å². The molecule has 0 saturated carbocycles. The molecule has 1 atom stereocenters. The molecule has 1 fully saturated rings. The highest BCUT2D eigenvalue weighted by Gasteiger charge is 2.34. The second kappa shape index (κ2) is 7.85. The van der Waals surface area contributed by atoms with Crippen LogP contribution in [0.15, 0.2) is 29.4 Å². The normalized spacial score (nSPS) is 19.8. The van der Waals surface area contributed by atoms with Crippen LogP contribution in [0.5, 0.6) is 0 Å². The van der Waals surface area contributed by atoms with E-state index in [0.717, 1.165) is 0 Å². The lowest BCUT2D eigenvalue weighted by atomic mass is 10.2. The fraction of sp³-hybridized carbons (Fsp3) is 0.467. The maximum absolute atomic E-state index is 12.2. The topological polar surface area (TPSA) is 88.1 Å². The van der Waals surface area contributed by atoms with Crippen molar-refractivity contribution in [3.8, 4) is 0 Å². The molecule has 1 heterocycles. The molecule has 0 radical (unpaired) electrons. The molecular formula is C15H20ClN3O4S. The molecule has 0 amide bonds. The first kappa shape index (κ1) is 18.5. The van der Waals surface area contributed by atoms with Crippen LogP contribution in [-0.4, -0.2) is 56.3 Å². The first-order valence-electron chi connectivity index (χ1n) is 7.52. The summed E-state index contributed by atoms with van der Waals surface area (Å²) >= 11 is 6.05. The number of hydrazone groups is 1. The third-order valence-electron chi connectivity index (χ3n) is 3.70. The predicted octanol–water partition coefficient (Wildman–Crippen LogP) is 1.75. The minimum atomic E-state index is -3.08. The predicted molar refractivity (Wildman–Crippen MR) is 94.0 cm³/mol. The lowest BCUT2D eigenvalue weighted by Gasteiger charge is -2.25. The Hall–Kier alpha value is -1.80. The number of carbonyl (C=O) groups is 1. The van der Waals surface area contributed by atoms with Crippen molar-refractivity contribution in [3.63, 3.8) is 0 Å². The molecule has 24 heavy (non-hydrogen) atoms. The third kappa shape index (κ3) is 4.61. The minimum absolute atomic E-state index is 0.00593. The molecule has 1 aromatic rings. The average molecular weight is 374 g/mol. The number of ether oxygens (including phenoxy) is 1. The zero-order chi connectivity index (χ0) is 17.7. The number of para-hydroxylation sites is 1. The molecule has 132 valence electrons. The van der Waals surface area contributed by atoms with Crippen LogP contribution in [0, 0.1) is 0 Å². The van der Waals surface area contributed by atoms with Crippen LogP contribution in [0.2, 0.25) is 5.02 Å². The maximum atomic E-state index is 12.2.